The van der Waals surface area contributed by atoms with Crippen LogP contribution in [-0.2, 0) is 21.5 Å². The first kappa shape index (κ1) is 14.2. The van der Waals surface area contributed by atoms with E-state index in [1.54, 1.807) is 7.11 Å². The summed E-state index contributed by atoms with van der Waals surface area (Å²) in [6.45, 7) is 6.41. The Bertz CT molecular complexity index is 417. The molecule has 0 aliphatic carbocycles. The molecule has 1 fully saturated rings. The van der Waals surface area contributed by atoms with Crippen molar-refractivity contribution >= 4 is 5.82 Å². The molecule has 1 aromatic rings. The van der Waals surface area contributed by atoms with Crippen molar-refractivity contribution in [3.05, 3.63) is 17.6 Å². The smallest absolute Gasteiger partial charge is 0.163 e. The summed E-state index contributed by atoms with van der Waals surface area (Å²) < 4.78 is 11.2. The molecule has 2 heterocycles. The van der Waals surface area contributed by atoms with Gasteiger partial charge in [-0.1, -0.05) is 6.92 Å². The van der Waals surface area contributed by atoms with Crippen molar-refractivity contribution in [3.63, 3.8) is 0 Å². The Balaban J connectivity index is 2.37. The number of aryl methyl sites for hydroxylation is 1. The van der Waals surface area contributed by atoms with Crippen molar-refractivity contribution < 1.29 is 9.47 Å². The zero-order chi connectivity index (χ0) is 13.7. The van der Waals surface area contributed by atoms with E-state index in [1.165, 1.54) is 0 Å². The summed E-state index contributed by atoms with van der Waals surface area (Å²) in [4.78, 5) is 9.30. The average molecular weight is 265 g/mol. The van der Waals surface area contributed by atoms with Gasteiger partial charge in [0.15, 0.2) is 5.82 Å². The Kier molecular flexibility index (Phi) is 4.71. The number of aromatic nitrogens is 2. The van der Waals surface area contributed by atoms with Crippen LogP contribution in [0, 0.1) is 0 Å². The zero-order valence-electron chi connectivity index (χ0n) is 12.0. The van der Waals surface area contributed by atoms with Gasteiger partial charge in [-0.25, -0.2) is 9.97 Å². The minimum atomic E-state index is -0.395. The molecule has 0 amide bonds. The molecule has 0 spiro atoms. The molecule has 0 radical (unpaired) electrons. The van der Waals surface area contributed by atoms with E-state index < -0.39 is 5.60 Å². The molecule has 5 nitrogen and oxygen atoms in total. The minimum absolute atomic E-state index is 0.395. The Morgan fingerprint density at radius 3 is 2.63 bits per heavy atom. The van der Waals surface area contributed by atoms with Crippen LogP contribution in [0.4, 0.5) is 5.82 Å². The summed E-state index contributed by atoms with van der Waals surface area (Å²) in [5.74, 6) is 1.67. The summed E-state index contributed by atoms with van der Waals surface area (Å²) >= 11 is 0. The lowest BCUT2D eigenvalue weighted by Gasteiger charge is -2.34. The molecule has 0 aromatic carbocycles. The third kappa shape index (κ3) is 3.04. The molecule has 106 valence electrons. The molecule has 1 aliphatic rings. The van der Waals surface area contributed by atoms with Crippen molar-refractivity contribution in [2.24, 2.45) is 0 Å². The highest BCUT2D eigenvalue weighted by atomic mass is 16.5. The van der Waals surface area contributed by atoms with E-state index in [-0.39, 0.29) is 0 Å². The van der Waals surface area contributed by atoms with Gasteiger partial charge in [0.1, 0.15) is 11.4 Å². The first-order valence-corrected chi connectivity index (χ1v) is 6.99. The van der Waals surface area contributed by atoms with Gasteiger partial charge < -0.3 is 14.8 Å². The maximum absolute atomic E-state index is 5.76. The van der Waals surface area contributed by atoms with Gasteiger partial charge >= 0.3 is 0 Å². The van der Waals surface area contributed by atoms with E-state index in [1.807, 2.05) is 6.07 Å². The van der Waals surface area contributed by atoms with E-state index in [0.717, 1.165) is 43.1 Å². The molecule has 0 saturated carbocycles. The summed E-state index contributed by atoms with van der Waals surface area (Å²) in [6, 6.07) is 2.01. The molecule has 1 aromatic heterocycles. The van der Waals surface area contributed by atoms with Crippen molar-refractivity contribution in [2.75, 3.05) is 32.2 Å². The van der Waals surface area contributed by atoms with Gasteiger partial charge in [-0.3, -0.25) is 0 Å². The van der Waals surface area contributed by atoms with Crippen LogP contribution in [0.15, 0.2) is 6.07 Å². The third-order valence-corrected chi connectivity index (χ3v) is 3.60. The fourth-order valence-corrected chi connectivity index (χ4v) is 2.37. The third-order valence-electron chi connectivity index (χ3n) is 3.60. The number of rotatable bonds is 5. The van der Waals surface area contributed by atoms with Crippen molar-refractivity contribution in [1.82, 2.24) is 9.97 Å². The summed E-state index contributed by atoms with van der Waals surface area (Å²) in [6.07, 6.45) is 2.51. The van der Waals surface area contributed by atoms with Gasteiger partial charge in [0.05, 0.1) is 0 Å². The van der Waals surface area contributed by atoms with Crippen molar-refractivity contribution in [2.45, 2.75) is 38.7 Å². The number of hydrogen-bond donors (Lipinski definition) is 1. The first-order valence-electron chi connectivity index (χ1n) is 6.99. The standard InChI is InChI=1S/C14H23N3O2/c1-4-11-10-12(15-5-2)17-13(16-11)14(18-3)6-8-19-9-7-14/h10H,4-9H2,1-3H3,(H,15,16,17). The summed E-state index contributed by atoms with van der Waals surface area (Å²) in [7, 11) is 1.74. The van der Waals surface area contributed by atoms with Crippen LogP contribution in [0.1, 0.15) is 38.2 Å². The second kappa shape index (κ2) is 6.30. The number of methoxy groups -OCH3 is 1. The van der Waals surface area contributed by atoms with Crippen LogP contribution in [0.2, 0.25) is 0 Å². The fourth-order valence-electron chi connectivity index (χ4n) is 2.37. The largest absolute Gasteiger partial charge is 0.381 e. The molecule has 2 rings (SSSR count). The lowest BCUT2D eigenvalue weighted by atomic mass is 9.93. The zero-order valence-corrected chi connectivity index (χ0v) is 12.0. The van der Waals surface area contributed by atoms with Crippen LogP contribution in [0.25, 0.3) is 0 Å². The van der Waals surface area contributed by atoms with E-state index in [2.05, 4.69) is 29.1 Å². The highest BCUT2D eigenvalue weighted by Crippen LogP contribution is 2.34. The quantitative estimate of drug-likeness (QED) is 0.883. The Labute approximate surface area is 114 Å². The molecule has 0 atom stereocenters. The molecule has 5 heteroatoms. The molecule has 0 unspecified atom stereocenters. The molecule has 1 saturated heterocycles. The van der Waals surface area contributed by atoms with Gasteiger partial charge in [-0.2, -0.15) is 0 Å². The first-order chi connectivity index (χ1) is 9.24. The maximum atomic E-state index is 5.76. The van der Waals surface area contributed by atoms with Gasteiger partial charge in [-0.15, -0.1) is 0 Å². The molecule has 1 N–H and O–H groups in total. The Morgan fingerprint density at radius 1 is 1.32 bits per heavy atom. The van der Waals surface area contributed by atoms with Crippen molar-refractivity contribution in [1.29, 1.82) is 0 Å². The highest BCUT2D eigenvalue weighted by Gasteiger charge is 2.37. The highest BCUT2D eigenvalue weighted by molar-refractivity contribution is 5.37. The van der Waals surface area contributed by atoms with Gasteiger partial charge in [0.2, 0.25) is 0 Å². The average Bonchev–Trinajstić information content (AvgIpc) is 2.48. The predicted octanol–water partition coefficient (Wildman–Crippen LogP) is 2.12. The van der Waals surface area contributed by atoms with E-state index in [4.69, 9.17) is 9.47 Å². The second-order valence-electron chi connectivity index (χ2n) is 4.76. The number of anilines is 1. The minimum Gasteiger partial charge on any atom is -0.381 e. The summed E-state index contributed by atoms with van der Waals surface area (Å²) in [5.41, 5.74) is 0.650. The topological polar surface area (TPSA) is 56.3 Å². The van der Waals surface area contributed by atoms with Crippen LogP contribution in [-0.4, -0.2) is 36.8 Å². The predicted molar refractivity (Wildman–Crippen MR) is 74.3 cm³/mol. The molecule has 0 bridgehead atoms. The monoisotopic (exact) mass is 265 g/mol. The second-order valence-corrected chi connectivity index (χ2v) is 4.76. The molecule has 19 heavy (non-hydrogen) atoms. The lowest BCUT2D eigenvalue weighted by Crippen LogP contribution is -2.37. The number of nitrogens with one attached hydrogen (secondary N) is 1. The van der Waals surface area contributed by atoms with E-state index in [0.29, 0.717) is 13.2 Å². The van der Waals surface area contributed by atoms with Gasteiger partial charge in [0, 0.05) is 51.5 Å². The normalized spacial score (nSPS) is 18.3. The Morgan fingerprint density at radius 2 is 2.05 bits per heavy atom. The van der Waals surface area contributed by atoms with Gasteiger partial charge in [-0.05, 0) is 13.3 Å². The van der Waals surface area contributed by atoms with Crippen LogP contribution in [0.5, 0.6) is 0 Å². The van der Waals surface area contributed by atoms with Crippen molar-refractivity contribution in [3.8, 4) is 0 Å². The van der Waals surface area contributed by atoms with E-state index in [9.17, 15) is 0 Å². The summed E-state index contributed by atoms with van der Waals surface area (Å²) in [5, 5.41) is 3.27. The number of ether oxygens (including phenoxy) is 2. The number of hydrogen-bond acceptors (Lipinski definition) is 5. The van der Waals surface area contributed by atoms with E-state index >= 15 is 0 Å². The lowest BCUT2D eigenvalue weighted by molar-refractivity contribution is -0.1000. The fraction of sp³-hybridized carbons (Fsp3) is 0.714. The maximum Gasteiger partial charge on any atom is 0.163 e. The molecular formula is C14H23N3O2. The number of nitrogens with zero attached hydrogens (tertiary/aromatic N) is 2. The van der Waals surface area contributed by atoms with Gasteiger partial charge in [0.25, 0.3) is 0 Å². The van der Waals surface area contributed by atoms with Crippen LogP contribution in [0.3, 0.4) is 0 Å². The molecule has 1 aliphatic heterocycles. The Hall–Kier alpha value is -1.20. The molecular weight excluding hydrogens is 242 g/mol. The van der Waals surface area contributed by atoms with Crippen LogP contribution < -0.4 is 5.32 Å². The van der Waals surface area contributed by atoms with Crippen LogP contribution >= 0.6 is 0 Å². The SMILES string of the molecule is CCNc1cc(CC)nc(C2(OC)CCOCC2)n1.